The predicted octanol–water partition coefficient (Wildman–Crippen LogP) is 3.39. The quantitative estimate of drug-likeness (QED) is 0.636. The summed E-state index contributed by atoms with van der Waals surface area (Å²) in [6.07, 6.45) is 9.42. The van der Waals surface area contributed by atoms with Gasteiger partial charge in [0, 0.05) is 6.08 Å². The Bertz CT molecular complexity index is 498. The molecule has 1 amide bonds. The van der Waals surface area contributed by atoms with Crippen molar-refractivity contribution in [3.63, 3.8) is 0 Å². The molecule has 20 heavy (non-hydrogen) atoms. The summed E-state index contributed by atoms with van der Waals surface area (Å²) in [6.45, 7) is 1.92. The Hall–Kier alpha value is -2.03. The molecule has 1 N–H and O–H groups in total. The van der Waals surface area contributed by atoms with E-state index >= 15 is 0 Å². The number of nitrogens with one attached hydrogen (secondary N) is 1. The lowest BCUT2D eigenvalue weighted by Gasteiger charge is -2.18. The summed E-state index contributed by atoms with van der Waals surface area (Å²) >= 11 is 0. The molecule has 1 aliphatic rings. The van der Waals surface area contributed by atoms with Crippen molar-refractivity contribution >= 4 is 5.91 Å². The lowest BCUT2D eigenvalue weighted by molar-refractivity contribution is -0.117. The molecule has 3 heteroatoms. The Labute approximate surface area is 120 Å². The van der Waals surface area contributed by atoms with E-state index in [1.807, 2.05) is 43.3 Å². The van der Waals surface area contributed by atoms with Crippen molar-refractivity contribution in [2.75, 3.05) is 7.11 Å². The minimum atomic E-state index is -0.0455. The summed E-state index contributed by atoms with van der Waals surface area (Å²) in [5.74, 6) is 1.35. The number of carbonyl (C=O) groups excluding carboxylic acids is 1. The zero-order valence-electron chi connectivity index (χ0n) is 12.0. The van der Waals surface area contributed by atoms with Crippen molar-refractivity contribution in [2.45, 2.75) is 25.8 Å². The number of methoxy groups -OCH3 is 1. The van der Waals surface area contributed by atoms with Gasteiger partial charge in [0.15, 0.2) is 0 Å². The number of hydrogen-bond acceptors (Lipinski definition) is 2. The molecule has 0 spiro atoms. The van der Waals surface area contributed by atoms with E-state index in [4.69, 9.17) is 4.74 Å². The zero-order valence-corrected chi connectivity index (χ0v) is 12.0. The number of amides is 1. The maximum Gasteiger partial charge on any atom is 0.244 e. The van der Waals surface area contributed by atoms with Crippen LogP contribution in [-0.4, -0.2) is 13.0 Å². The molecule has 0 saturated heterocycles. The topological polar surface area (TPSA) is 38.3 Å². The molecule has 1 saturated carbocycles. The third-order valence-corrected chi connectivity index (χ3v) is 3.42. The van der Waals surface area contributed by atoms with Gasteiger partial charge < -0.3 is 10.1 Å². The minimum Gasteiger partial charge on any atom is -0.497 e. The average molecular weight is 271 g/mol. The van der Waals surface area contributed by atoms with Gasteiger partial charge in [-0.05, 0) is 43.4 Å². The number of allylic oxidation sites excluding steroid dienone is 3. The minimum absolute atomic E-state index is 0.0455. The van der Waals surface area contributed by atoms with E-state index in [0.717, 1.165) is 11.3 Å². The zero-order chi connectivity index (χ0) is 14.4. The average Bonchev–Trinajstić information content (AvgIpc) is 3.30. The molecule has 0 bridgehead atoms. The van der Waals surface area contributed by atoms with Gasteiger partial charge in [0.05, 0.1) is 13.2 Å². The molecular weight excluding hydrogens is 250 g/mol. The summed E-state index contributed by atoms with van der Waals surface area (Å²) in [6, 6.07) is 8.03. The molecule has 1 unspecified atom stereocenters. The van der Waals surface area contributed by atoms with Crippen LogP contribution in [0, 0.1) is 5.92 Å². The first-order chi connectivity index (χ1) is 9.74. The van der Waals surface area contributed by atoms with Gasteiger partial charge in [0.25, 0.3) is 0 Å². The second kappa shape index (κ2) is 6.94. The van der Waals surface area contributed by atoms with E-state index in [1.54, 1.807) is 19.3 Å². The van der Waals surface area contributed by atoms with Crippen LogP contribution >= 0.6 is 0 Å². The maximum atomic E-state index is 11.9. The summed E-state index contributed by atoms with van der Waals surface area (Å²) in [4.78, 5) is 11.9. The fourth-order valence-corrected chi connectivity index (χ4v) is 2.17. The number of benzene rings is 1. The monoisotopic (exact) mass is 271 g/mol. The summed E-state index contributed by atoms with van der Waals surface area (Å²) in [5.41, 5.74) is 1.14. The van der Waals surface area contributed by atoms with Gasteiger partial charge in [-0.25, -0.2) is 0 Å². The first kappa shape index (κ1) is 14.4. The van der Waals surface area contributed by atoms with Crippen LogP contribution in [0.5, 0.6) is 5.75 Å². The molecule has 1 aromatic rings. The summed E-state index contributed by atoms with van der Waals surface area (Å²) in [5, 5.41) is 3.09. The highest BCUT2D eigenvalue weighted by Crippen LogP contribution is 2.41. The lowest BCUT2D eigenvalue weighted by Crippen LogP contribution is -2.28. The van der Waals surface area contributed by atoms with Crippen LogP contribution in [0.1, 0.15) is 31.4 Å². The highest BCUT2D eigenvalue weighted by Gasteiger charge is 2.33. The fraction of sp³-hybridized carbons (Fsp3) is 0.353. The van der Waals surface area contributed by atoms with Crippen molar-refractivity contribution in [2.24, 2.45) is 5.92 Å². The van der Waals surface area contributed by atoms with E-state index in [9.17, 15) is 4.79 Å². The molecule has 1 aliphatic carbocycles. The van der Waals surface area contributed by atoms with Crippen molar-refractivity contribution in [3.05, 3.63) is 54.1 Å². The van der Waals surface area contributed by atoms with Gasteiger partial charge in [0.2, 0.25) is 5.91 Å². The molecule has 1 atom stereocenters. The van der Waals surface area contributed by atoms with Crippen LogP contribution in [-0.2, 0) is 4.79 Å². The van der Waals surface area contributed by atoms with E-state index in [0.29, 0.717) is 5.92 Å². The molecule has 3 nitrogen and oxygen atoms in total. The third-order valence-electron chi connectivity index (χ3n) is 3.42. The SMILES string of the molecule is C/C=C/C=C/C(=O)NC(c1ccc(OC)cc1)C1CC1. The van der Waals surface area contributed by atoms with Crippen LogP contribution in [0.3, 0.4) is 0 Å². The molecule has 1 aromatic carbocycles. The van der Waals surface area contributed by atoms with Crippen LogP contribution in [0.4, 0.5) is 0 Å². The highest BCUT2D eigenvalue weighted by molar-refractivity contribution is 5.88. The van der Waals surface area contributed by atoms with Gasteiger partial charge in [-0.3, -0.25) is 4.79 Å². The number of carbonyl (C=O) groups is 1. The van der Waals surface area contributed by atoms with Crippen LogP contribution < -0.4 is 10.1 Å². The molecule has 1 fully saturated rings. The summed E-state index contributed by atoms with van der Waals surface area (Å²) in [7, 11) is 1.65. The Balaban J connectivity index is 2.04. The number of rotatable bonds is 6. The van der Waals surface area contributed by atoms with Gasteiger partial charge >= 0.3 is 0 Å². The van der Waals surface area contributed by atoms with Crippen molar-refractivity contribution < 1.29 is 9.53 Å². The lowest BCUT2D eigenvalue weighted by atomic mass is 10.0. The molecule has 0 radical (unpaired) electrons. The van der Waals surface area contributed by atoms with Crippen LogP contribution in [0.25, 0.3) is 0 Å². The number of hydrogen-bond donors (Lipinski definition) is 1. The molecule has 106 valence electrons. The first-order valence-electron chi connectivity index (χ1n) is 6.98. The van der Waals surface area contributed by atoms with Crippen molar-refractivity contribution in [1.29, 1.82) is 0 Å². The largest absolute Gasteiger partial charge is 0.497 e. The van der Waals surface area contributed by atoms with Gasteiger partial charge in [-0.1, -0.05) is 30.4 Å². The Kier molecular flexibility index (Phi) is 4.99. The summed E-state index contributed by atoms with van der Waals surface area (Å²) < 4.78 is 5.17. The number of ether oxygens (including phenoxy) is 1. The molecular formula is C17H21NO2. The fourth-order valence-electron chi connectivity index (χ4n) is 2.17. The molecule has 0 aromatic heterocycles. The van der Waals surface area contributed by atoms with E-state index in [2.05, 4.69) is 5.32 Å². The van der Waals surface area contributed by atoms with Crippen molar-refractivity contribution in [3.8, 4) is 5.75 Å². The predicted molar refractivity (Wildman–Crippen MR) is 80.6 cm³/mol. The van der Waals surface area contributed by atoms with Crippen LogP contribution in [0.2, 0.25) is 0 Å². The van der Waals surface area contributed by atoms with Crippen LogP contribution in [0.15, 0.2) is 48.6 Å². The Morgan fingerprint density at radius 1 is 1.30 bits per heavy atom. The van der Waals surface area contributed by atoms with Crippen molar-refractivity contribution in [1.82, 2.24) is 5.32 Å². The molecule has 0 heterocycles. The second-order valence-corrected chi connectivity index (χ2v) is 4.98. The smallest absolute Gasteiger partial charge is 0.244 e. The van der Waals surface area contributed by atoms with Gasteiger partial charge in [0.1, 0.15) is 5.75 Å². The second-order valence-electron chi connectivity index (χ2n) is 4.98. The normalized spacial score (nSPS) is 16.5. The maximum absolute atomic E-state index is 11.9. The molecule has 0 aliphatic heterocycles. The first-order valence-corrected chi connectivity index (χ1v) is 6.98. The molecule has 2 rings (SSSR count). The Morgan fingerprint density at radius 3 is 2.55 bits per heavy atom. The van der Waals surface area contributed by atoms with Gasteiger partial charge in [-0.15, -0.1) is 0 Å². The Morgan fingerprint density at radius 2 is 2.00 bits per heavy atom. The van der Waals surface area contributed by atoms with Gasteiger partial charge in [-0.2, -0.15) is 0 Å². The van der Waals surface area contributed by atoms with E-state index in [-0.39, 0.29) is 11.9 Å². The third kappa shape index (κ3) is 3.98. The van der Waals surface area contributed by atoms with E-state index in [1.165, 1.54) is 12.8 Å². The highest BCUT2D eigenvalue weighted by atomic mass is 16.5. The van der Waals surface area contributed by atoms with E-state index < -0.39 is 0 Å². The standard InChI is InChI=1S/C17H21NO2/c1-3-4-5-6-16(19)18-17(13-7-8-13)14-9-11-15(20-2)12-10-14/h3-6,9-13,17H,7-8H2,1-2H3,(H,18,19)/b4-3+,6-5+.